The van der Waals surface area contributed by atoms with Crippen LogP contribution in [0.3, 0.4) is 0 Å². The topological polar surface area (TPSA) is 12.0 Å². The fraction of sp³-hybridized carbons (Fsp3) is 0.400. The Bertz CT molecular complexity index is 210. The number of nitrogens with one attached hydrogen (secondary N) is 1. The first kappa shape index (κ1) is 9.84. The smallest absolute Gasteiger partial charge is 0.0340 e. The number of hydrogen-bond acceptors (Lipinski definition) is 1. The third kappa shape index (κ3) is 3.43. The lowest BCUT2D eigenvalue weighted by molar-refractivity contribution is 0.884. The van der Waals surface area contributed by atoms with E-state index in [4.69, 9.17) is 0 Å². The summed E-state index contributed by atoms with van der Waals surface area (Å²) in [6.45, 7) is 3.27. The van der Waals surface area contributed by atoms with Crippen LogP contribution in [0.1, 0.15) is 13.3 Å². The summed E-state index contributed by atoms with van der Waals surface area (Å²) < 4.78 is 0.725. The minimum atomic E-state index is 0.725. The largest absolute Gasteiger partial charge is 0.384 e. The van der Waals surface area contributed by atoms with Crippen molar-refractivity contribution in [1.29, 1.82) is 0 Å². The normalized spacial score (nSPS) is 12.5. The van der Waals surface area contributed by atoms with Crippen molar-refractivity contribution in [1.82, 2.24) is 0 Å². The van der Waals surface area contributed by atoms with Gasteiger partial charge in [0.15, 0.2) is 0 Å². The summed E-state index contributed by atoms with van der Waals surface area (Å²) in [5, 5.41) is 3.39. The molecule has 0 saturated carbocycles. The average Bonchev–Trinajstić information content (AvgIpc) is 2.16. The maximum Gasteiger partial charge on any atom is 0.0340 e. The molecular formula is C10H14IN. The highest BCUT2D eigenvalue weighted by Crippen LogP contribution is 2.09. The maximum absolute atomic E-state index is 3.39. The van der Waals surface area contributed by atoms with Crippen LogP contribution in [0, 0.1) is 0 Å². The molecule has 1 nitrogen and oxygen atoms in total. The average molecular weight is 275 g/mol. The fourth-order valence-electron chi connectivity index (χ4n) is 0.929. The van der Waals surface area contributed by atoms with Crippen molar-refractivity contribution >= 4 is 28.3 Å². The second-order valence-corrected chi connectivity index (χ2v) is 4.51. The summed E-state index contributed by atoms with van der Waals surface area (Å²) in [6.07, 6.45) is 1.22. The van der Waals surface area contributed by atoms with Crippen molar-refractivity contribution in [3.8, 4) is 0 Å². The van der Waals surface area contributed by atoms with Crippen LogP contribution in [-0.4, -0.2) is 10.5 Å². The summed E-state index contributed by atoms with van der Waals surface area (Å²) in [5.41, 5.74) is 1.22. The van der Waals surface area contributed by atoms with E-state index in [0.29, 0.717) is 0 Å². The molecule has 0 heterocycles. The number of rotatable bonds is 4. The minimum absolute atomic E-state index is 0.725. The van der Waals surface area contributed by atoms with Gasteiger partial charge >= 0.3 is 0 Å². The molecule has 0 aromatic heterocycles. The first-order chi connectivity index (χ1) is 5.83. The second-order valence-electron chi connectivity index (χ2n) is 2.75. The van der Waals surface area contributed by atoms with E-state index in [0.717, 1.165) is 10.5 Å². The lowest BCUT2D eigenvalue weighted by Crippen LogP contribution is -2.12. The Morgan fingerprint density at radius 3 is 2.58 bits per heavy atom. The van der Waals surface area contributed by atoms with Crippen LogP contribution in [0.5, 0.6) is 0 Å². The quantitative estimate of drug-likeness (QED) is 0.656. The van der Waals surface area contributed by atoms with Gasteiger partial charge in [0.2, 0.25) is 0 Å². The Morgan fingerprint density at radius 1 is 1.33 bits per heavy atom. The van der Waals surface area contributed by atoms with Gasteiger partial charge in [-0.3, -0.25) is 0 Å². The van der Waals surface area contributed by atoms with Crippen LogP contribution in [-0.2, 0) is 0 Å². The van der Waals surface area contributed by atoms with Crippen LogP contribution in [0.4, 0.5) is 5.69 Å². The van der Waals surface area contributed by atoms with Crippen LogP contribution in [0.2, 0.25) is 0 Å². The number of halogens is 1. The lowest BCUT2D eigenvalue weighted by atomic mass is 10.3. The van der Waals surface area contributed by atoms with Gasteiger partial charge in [-0.25, -0.2) is 0 Å². The molecule has 0 radical (unpaired) electrons. The molecular weight excluding hydrogens is 261 g/mol. The van der Waals surface area contributed by atoms with Gasteiger partial charge in [0.05, 0.1) is 0 Å². The third-order valence-corrected chi connectivity index (χ3v) is 3.07. The number of para-hydroxylation sites is 1. The molecule has 1 aromatic rings. The van der Waals surface area contributed by atoms with Gasteiger partial charge in [0.25, 0.3) is 0 Å². The molecule has 0 bridgehead atoms. The molecule has 1 N–H and O–H groups in total. The lowest BCUT2D eigenvalue weighted by Gasteiger charge is -2.09. The predicted octanol–water partition coefficient (Wildman–Crippen LogP) is 3.31. The number of anilines is 1. The molecule has 12 heavy (non-hydrogen) atoms. The van der Waals surface area contributed by atoms with Gasteiger partial charge in [-0.2, -0.15) is 0 Å². The SMILES string of the molecule is CCC(I)CNc1ccccc1. The van der Waals surface area contributed by atoms with Crippen LogP contribution in [0.15, 0.2) is 30.3 Å². The van der Waals surface area contributed by atoms with E-state index in [2.05, 4.69) is 59.1 Å². The molecule has 2 heteroatoms. The fourth-order valence-corrected chi connectivity index (χ4v) is 1.15. The van der Waals surface area contributed by atoms with Crippen molar-refractivity contribution in [2.45, 2.75) is 17.3 Å². The van der Waals surface area contributed by atoms with Crippen LogP contribution in [0.25, 0.3) is 0 Å². The summed E-state index contributed by atoms with van der Waals surface area (Å²) >= 11 is 2.47. The Labute approximate surface area is 87.7 Å². The Kier molecular flexibility index (Phi) is 4.43. The molecule has 0 aliphatic carbocycles. The van der Waals surface area contributed by atoms with Crippen LogP contribution < -0.4 is 5.32 Å². The van der Waals surface area contributed by atoms with E-state index >= 15 is 0 Å². The summed E-state index contributed by atoms with van der Waals surface area (Å²) in [5.74, 6) is 0. The maximum atomic E-state index is 3.39. The third-order valence-electron chi connectivity index (χ3n) is 1.74. The highest BCUT2D eigenvalue weighted by Gasteiger charge is 1.98. The van der Waals surface area contributed by atoms with E-state index in [9.17, 15) is 0 Å². The molecule has 0 aliphatic heterocycles. The van der Waals surface area contributed by atoms with Crippen molar-refractivity contribution in [2.24, 2.45) is 0 Å². The Morgan fingerprint density at radius 2 is 2.00 bits per heavy atom. The molecule has 0 fully saturated rings. The van der Waals surface area contributed by atoms with Gasteiger partial charge in [0, 0.05) is 16.2 Å². The zero-order chi connectivity index (χ0) is 8.81. The van der Waals surface area contributed by atoms with Crippen molar-refractivity contribution in [3.63, 3.8) is 0 Å². The van der Waals surface area contributed by atoms with E-state index in [1.165, 1.54) is 12.1 Å². The van der Waals surface area contributed by atoms with Crippen molar-refractivity contribution in [3.05, 3.63) is 30.3 Å². The molecule has 1 atom stereocenters. The summed E-state index contributed by atoms with van der Waals surface area (Å²) in [4.78, 5) is 0. The second kappa shape index (κ2) is 5.41. The number of hydrogen-bond donors (Lipinski definition) is 1. The van der Waals surface area contributed by atoms with Crippen molar-refractivity contribution < 1.29 is 0 Å². The first-order valence-electron chi connectivity index (χ1n) is 4.26. The predicted molar refractivity (Wildman–Crippen MR) is 63.0 cm³/mol. The van der Waals surface area contributed by atoms with Crippen molar-refractivity contribution in [2.75, 3.05) is 11.9 Å². The van der Waals surface area contributed by atoms with Gasteiger partial charge in [0.1, 0.15) is 0 Å². The molecule has 66 valence electrons. The zero-order valence-electron chi connectivity index (χ0n) is 7.26. The molecule has 0 aliphatic rings. The first-order valence-corrected chi connectivity index (χ1v) is 5.50. The van der Waals surface area contributed by atoms with Gasteiger partial charge < -0.3 is 5.32 Å². The Hall–Kier alpha value is -0.250. The van der Waals surface area contributed by atoms with E-state index in [1.54, 1.807) is 0 Å². The molecule has 1 unspecified atom stereocenters. The highest BCUT2D eigenvalue weighted by molar-refractivity contribution is 14.1. The monoisotopic (exact) mass is 275 g/mol. The summed E-state index contributed by atoms with van der Waals surface area (Å²) in [7, 11) is 0. The van der Waals surface area contributed by atoms with Gasteiger partial charge in [-0.05, 0) is 18.6 Å². The van der Waals surface area contributed by atoms with E-state index in [-0.39, 0.29) is 0 Å². The standard InChI is InChI=1S/C10H14IN/c1-2-9(11)8-12-10-6-4-3-5-7-10/h3-7,9,12H,2,8H2,1H3. The molecule has 0 amide bonds. The number of benzene rings is 1. The van der Waals surface area contributed by atoms with Crippen LogP contribution >= 0.6 is 22.6 Å². The molecule has 1 aromatic carbocycles. The highest BCUT2D eigenvalue weighted by atomic mass is 127. The van der Waals surface area contributed by atoms with Gasteiger partial charge in [-0.1, -0.05) is 47.7 Å². The molecule has 0 saturated heterocycles. The Balaban J connectivity index is 2.33. The zero-order valence-corrected chi connectivity index (χ0v) is 9.41. The number of alkyl halides is 1. The van der Waals surface area contributed by atoms with Gasteiger partial charge in [-0.15, -0.1) is 0 Å². The van der Waals surface area contributed by atoms with E-state index in [1.807, 2.05) is 6.07 Å². The summed E-state index contributed by atoms with van der Waals surface area (Å²) in [6, 6.07) is 10.3. The molecule has 0 spiro atoms. The molecule has 1 rings (SSSR count). The minimum Gasteiger partial charge on any atom is -0.384 e. The van der Waals surface area contributed by atoms with E-state index < -0.39 is 0 Å².